The van der Waals surface area contributed by atoms with Crippen LogP contribution in [0.2, 0.25) is 0 Å². The number of carbonyl (C=O) groups is 2. The molecule has 5 heteroatoms. The summed E-state index contributed by atoms with van der Waals surface area (Å²) in [6.07, 6.45) is 2.16. The molecular formula is C14H27N3O2. The second-order valence-electron chi connectivity index (χ2n) is 5.89. The van der Waals surface area contributed by atoms with E-state index in [0.29, 0.717) is 5.92 Å². The van der Waals surface area contributed by atoms with E-state index in [1.165, 1.54) is 0 Å². The summed E-state index contributed by atoms with van der Waals surface area (Å²) in [6.45, 7) is 6.08. The largest absolute Gasteiger partial charge is 0.348 e. The maximum absolute atomic E-state index is 12.4. The van der Waals surface area contributed by atoms with E-state index in [1.807, 2.05) is 23.8 Å². The summed E-state index contributed by atoms with van der Waals surface area (Å²) in [5, 5.41) is 0. The Morgan fingerprint density at radius 3 is 2.21 bits per heavy atom. The van der Waals surface area contributed by atoms with Crippen molar-refractivity contribution in [2.45, 2.75) is 32.7 Å². The molecule has 0 radical (unpaired) electrons. The van der Waals surface area contributed by atoms with E-state index in [1.54, 1.807) is 19.0 Å². The zero-order chi connectivity index (χ0) is 14.6. The molecule has 0 N–H and O–H groups in total. The Morgan fingerprint density at radius 1 is 1.21 bits per heavy atom. The Hall–Kier alpha value is -1.10. The quantitative estimate of drug-likeness (QED) is 0.753. The van der Waals surface area contributed by atoms with Crippen molar-refractivity contribution in [3.05, 3.63) is 0 Å². The number of likely N-dealkylation sites (N-methyl/N-ethyl adjacent to an activating group) is 2. The summed E-state index contributed by atoms with van der Waals surface area (Å²) in [6, 6.07) is -0.239. The van der Waals surface area contributed by atoms with Gasteiger partial charge in [-0.1, -0.05) is 6.92 Å². The molecule has 2 amide bonds. The highest BCUT2D eigenvalue weighted by Crippen LogP contribution is 2.17. The summed E-state index contributed by atoms with van der Waals surface area (Å²) < 4.78 is 0. The SMILES string of the molecule is CC1CCN(C(=O)C(C)N(C)CC(=O)N(C)C)CC1. The van der Waals surface area contributed by atoms with Gasteiger partial charge >= 0.3 is 0 Å². The topological polar surface area (TPSA) is 43.9 Å². The maximum atomic E-state index is 12.4. The van der Waals surface area contributed by atoms with Gasteiger partial charge in [-0.05, 0) is 32.7 Å². The second kappa shape index (κ2) is 6.89. The molecule has 0 aromatic rings. The highest BCUT2D eigenvalue weighted by atomic mass is 16.2. The first-order valence-corrected chi connectivity index (χ1v) is 7.02. The fourth-order valence-electron chi connectivity index (χ4n) is 2.17. The Bertz CT molecular complexity index is 323. The van der Waals surface area contributed by atoms with Crippen molar-refractivity contribution in [2.75, 3.05) is 40.8 Å². The van der Waals surface area contributed by atoms with Gasteiger partial charge in [-0.15, -0.1) is 0 Å². The van der Waals surface area contributed by atoms with Crippen LogP contribution < -0.4 is 0 Å². The molecule has 1 unspecified atom stereocenters. The molecule has 1 heterocycles. The zero-order valence-corrected chi connectivity index (χ0v) is 12.8. The smallest absolute Gasteiger partial charge is 0.239 e. The summed E-state index contributed by atoms with van der Waals surface area (Å²) in [5.41, 5.74) is 0. The van der Waals surface area contributed by atoms with Crippen LogP contribution in [-0.4, -0.2) is 73.3 Å². The molecule has 1 aliphatic heterocycles. The van der Waals surface area contributed by atoms with Gasteiger partial charge in [0.25, 0.3) is 0 Å². The Kier molecular flexibility index (Phi) is 5.79. The predicted octanol–water partition coefficient (Wildman–Crippen LogP) is 0.653. The van der Waals surface area contributed by atoms with Crippen LogP contribution in [0.15, 0.2) is 0 Å². The van der Waals surface area contributed by atoms with Gasteiger partial charge in [-0.3, -0.25) is 14.5 Å². The third kappa shape index (κ3) is 4.49. The molecule has 1 fully saturated rings. The summed E-state index contributed by atoms with van der Waals surface area (Å²) in [4.78, 5) is 29.3. The van der Waals surface area contributed by atoms with E-state index in [4.69, 9.17) is 0 Å². The number of nitrogens with zero attached hydrogens (tertiary/aromatic N) is 3. The van der Waals surface area contributed by atoms with Gasteiger partial charge in [0.05, 0.1) is 12.6 Å². The lowest BCUT2D eigenvalue weighted by Crippen LogP contribution is -2.50. The Morgan fingerprint density at radius 2 is 1.74 bits per heavy atom. The van der Waals surface area contributed by atoms with Gasteiger partial charge in [-0.2, -0.15) is 0 Å². The summed E-state index contributed by atoms with van der Waals surface area (Å²) >= 11 is 0. The monoisotopic (exact) mass is 269 g/mol. The maximum Gasteiger partial charge on any atom is 0.239 e. The molecule has 1 saturated heterocycles. The lowest BCUT2D eigenvalue weighted by atomic mass is 9.99. The van der Waals surface area contributed by atoms with Gasteiger partial charge in [0, 0.05) is 27.2 Å². The van der Waals surface area contributed by atoms with Crippen LogP contribution in [-0.2, 0) is 9.59 Å². The number of hydrogen-bond donors (Lipinski definition) is 0. The molecule has 0 spiro atoms. The van der Waals surface area contributed by atoms with Crippen LogP contribution in [0.25, 0.3) is 0 Å². The molecule has 110 valence electrons. The molecule has 0 aromatic carbocycles. The Labute approximate surface area is 116 Å². The van der Waals surface area contributed by atoms with E-state index < -0.39 is 0 Å². The van der Waals surface area contributed by atoms with Crippen molar-refractivity contribution in [2.24, 2.45) is 5.92 Å². The first-order chi connectivity index (χ1) is 8.82. The number of piperidine rings is 1. The van der Waals surface area contributed by atoms with E-state index in [-0.39, 0.29) is 24.4 Å². The van der Waals surface area contributed by atoms with Crippen LogP contribution in [0.1, 0.15) is 26.7 Å². The number of hydrogen-bond acceptors (Lipinski definition) is 3. The fourth-order valence-corrected chi connectivity index (χ4v) is 2.17. The summed E-state index contributed by atoms with van der Waals surface area (Å²) in [5.74, 6) is 0.878. The highest BCUT2D eigenvalue weighted by molar-refractivity contribution is 5.83. The van der Waals surface area contributed by atoms with Gasteiger partial charge < -0.3 is 9.80 Å². The minimum atomic E-state index is -0.239. The molecule has 19 heavy (non-hydrogen) atoms. The lowest BCUT2D eigenvalue weighted by Gasteiger charge is -2.34. The molecule has 1 aliphatic rings. The van der Waals surface area contributed by atoms with Crippen molar-refractivity contribution in [1.82, 2.24) is 14.7 Å². The molecule has 5 nitrogen and oxygen atoms in total. The first-order valence-electron chi connectivity index (χ1n) is 7.02. The van der Waals surface area contributed by atoms with Crippen molar-refractivity contribution >= 4 is 11.8 Å². The number of rotatable bonds is 4. The van der Waals surface area contributed by atoms with Crippen LogP contribution in [0, 0.1) is 5.92 Å². The van der Waals surface area contributed by atoms with Gasteiger partial charge in [0.2, 0.25) is 11.8 Å². The van der Waals surface area contributed by atoms with E-state index in [0.717, 1.165) is 25.9 Å². The van der Waals surface area contributed by atoms with Gasteiger partial charge in [0.15, 0.2) is 0 Å². The molecule has 0 aliphatic carbocycles. The second-order valence-corrected chi connectivity index (χ2v) is 5.89. The standard InChI is InChI=1S/C14H27N3O2/c1-11-6-8-17(9-7-11)14(19)12(2)16(5)10-13(18)15(3)4/h11-12H,6-10H2,1-5H3. The normalized spacial score (nSPS) is 18.5. The molecule has 1 rings (SSSR count). The molecule has 0 saturated carbocycles. The number of likely N-dealkylation sites (tertiary alicyclic amines) is 1. The van der Waals surface area contributed by atoms with Gasteiger partial charge in [-0.25, -0.2) is 0 Å². The van der Waals surface area contributed by atoms with Crippen molar-refractivity contribution in [3.63, 3.8) is 0 Å². The third-order valence-corrected chi connectivity index (χ3v) is 4.00. The van der Waals surface area contributed by atoms with Gasteiger partial charge in [0.1, 0.15) is 0 Å². The highest BCUT2D eigenvalue weighted by Gasteiger charge is 2.27. The van der Waals surface area contributed by atoms with E-state index in [2.05, 4.69) is 6.92 Å². The van der Waals surface area contributed by atoms with E-state index >= 15 is 0 Å². The number of amides is 2. The fraction of sp³-hybridized carbons (Fsp3) is 0.857. The lowest BCUT2D eigenvalue weighted by molar-refractivity contribution is -0.139. The first kappa shape index (κ1) is 16.0. The average Bonchev–Trinajstić information content (AvgIpc) is 2.37. The van der Waals surface area contributed by atoms with Crippen LogP contribution in [0.3, 0.4) is 0 Å². The van der Waals surface area contributed by atoms with Crippen molar-refractivity contribution in [1.29, 1.82) is 0 Å². The van der Waals surface area contributed by atoms with E-state index in [9.17, 15) is 9.59 Å². The van der Waals surface area contributed by atoms with Crippen LogP contribution >= 0.6 is 0 Å². The number of carbonyl (C=O) groups excluding carboxylic acids is 2. The molecular weight excluding hydrogens is 242 g/mol. The van der Waals surface area contributed by atoms with Crippen molar-refractivity contribution in [3.8, 4) is 0 Å². The van der Waals surface area contributed by atoms with Crippen molar-refractivity contribution < 1.29 is 9.59 Å². The molecule has 0 aromatic heterocycles. The predicted molar refractivity (Wildman–Crippen MR) is 75.8 cm³/mol. The van der Waals surface area contributed by atoms with Crippen LogP contribution in [0.5, 0.6) is 0 Å². The summed E-state index contributed by atoms with van der Waals surface area (Å²) in [7, 11) is 5.29. The molecule has 1 atom stereocenters. The Balaban J connectivity index is 2.49. The third-order valence-electron chi connectivity index (χ3n) is 4.00. The molecule has 0 bridgehead atoms. The minimum absolute atomic E-state index is 0.0226. The zero-order valence-electron chi connectivity index (χ0n) is 12.8. The average molecular weight is 269 g/mol. The minimum Gasteiger partial charge on any atom is -0.348 e. The van der Waals surface area contributed by atoms with Crippen LogP contribution in [0.4, 0.5) is 0 Å².